The number of carbonyl (C=O) groups excluding carboxylic acids is 5. The van der Waals surface area contributed by atoms with Crippen LogP contribution < -0.4 is 22.9 Å². The fraction of sp³-hybridized carbons (Fsp3) is 0.538. The van der Waals surface area contributed by atoms with Crippen molar-refractivity contribution in [2.75, 3.05) is 14.1 Å². The molecule has 13 nitrogen and oxygen atoms in total. The van der Waals surface area contributed by atoms with Gasteiger partial charge >= 0.3 is 0 Å². The maximum absolute atomic E-state index is 14.4. The van der Waals surface area contributed by atoms with E-state index in [1.807, 2.05) is 0 Å². The molecule has 2 fully saturated rings. The van der Waals surface area contributed by atoms with Gasteiger partial charge in [-0.1, -0.05) is 32.9 Å². The summed E-state index contributed by atoms with van der Waals surface area (Å²) in [7, 11) is 2.65. The second kappa shape index (κ2) is 8.23. The predicted octanol–water partition coefficient (Wildman–Crippen LogP) is -2.47. The van der Waals surface area contributed by atoms with Gasteiger partial charge in [0.2, 0.25) is 5.91 Å². The minimum absolute atomic E-state index is 0.00837. The maximum atomic E-state index is 14.4. The number of phenols is 1. The number of carbonyl (C=O) groups is 5. The van der Waals surface area contributed by atoms with Crippen LogP contribution in [0.4, 0.5) is 0 Å². The van der Waals surface area contributed by atoms with Crippen LogP contribution in [0.2, 0.25) is 0 Å². The molecule has 1 amide bonds. The molecule has 13 heteroatoms. The third kappa shape index (κ3) is 3.03. The second-order valence-electron chi connectivity index (χ2n) is 12.0. The van der Waals surface area contributed by atoms with Crippen LogP contribution in [-0.4, -0.2) is 81.5 Å². The molecule has 0 aromatic heterocycles. The summed E-state index contributed by atoms with van der Waals surface area (Å²) >= 11 is 0. The Kier molecular flexibility index (Phi) is 6.01. The summed E-state index contributed by atoms with van der Waals surface area (Å²) < 4.78 is 0. The topological polar surface area (TPSA) is 257 Å². The molecule has 39 heavy (non-hydrogen) atoms. The first kappa shape index (κ1) is 28.5. The summed E-state index contributed by atoms with van der Waals surface area (Å²) in [5, 5.41) is 33.4. The van der Waals surface area contributed by atoms with Crippen molar-refractivity contribution in [1.29, 1.82) is 5.26 Å². The van der Waals surface area contributed by atoms with Crippen molar-refractivity contribution in [3.8, 4) is 11.8 Å². The number of likely N-dealkylation sites (N-methyl/N-ethyl adjacent to an activating group) is 1. The van der Waals surface area contributed by atoms with E-state index in [2.05, 4.69) is 0 Å². The number of fused-ring (bicyclic) bond motifs is 3. The van der Waals surface area contributed by atoms with Gasteiger partial charge in [-0.25, -0.2) is 0 Å². The van der Waals surface area contributed by atoms with Gasteiger partial charge in [0, 0.05) is 0 Å². The van der Waals surface area contributed by atoms with Crippen LogP contribution in [0.5, 0.6) is 5.75 Å². The molecule has 0 heterocycles. The predicted molar refractivity (Wildman–Crippen MR) is 135 cm³/mol. The van der Waals surface area contributed by atoms with Gasteiger partial charge in [0.15, 0.2) is 34.5 Å². The molecule has 0 saturated heterocycles. The minimum atomic E-state index is -3.09. The number of aromatic hydroxyl groups is 1. The molecule has 10 N–H and O–H groups in total. The molecule has 3 aliphatic rings. The summed E-state index contributed by atoms with van der Waals surface area (Å²) in [6, 6.07) is 1.23. The van der Waals surface area contributed by atoms with E-state index < -0.39 is 86.7 Å². The third-order valence-electron chi connectivity index (χ3n) is 8.71. The average Bonchev–Trinajstić information content (AvgIpc) is 2.80. The van der Waals surface area contributed by atoms with Crippen LogP contribution in [-0.2, 0) is 24.6 Å². The molecule has 4 rings (SSSR count). The van der Waals surface area contributed by atoms with Gasteiger partial charge in [0.1, 0.15) is 11.7 Å². The first-order valence-electron chi connectivity index (χ1n) is 12.2. The lowest BCUT2D eigenvalue weighted by Gasteiger charge is -2.64. The van der Waals surface area contributed by atoms with Crippen LogP contribution in [0, 0.1) is 28.6 Å². The van der Waals surface area contributed by atoms with E-state index in [4.69, 9.17) is 22.9 Å². The van der Waals surface area contributed by atoms with Crippen LogP contribution in [0.3, 0.4) is 0 Å². The molecule has 0 bridgehead atoms. The Morgan fingerprint density at radius 2 is 1.67 bits per heavy atom. The zero-order valence-electron chi connectivity index (χ0n) is 22.2. The smallest absolute Gasteiger partial charge is 0.235 e. The number of rotatable bonds is 2. The largest absolute Gasteiger partial charge is 0.507 e. The highest BCUT2D eigenvalue weighted by molar-refractivity contribution is 6.33. The number of nitrogens with zero attached hydrogens (tertiary/aromatic N) is 2. The van der Waals surface area contributed by atoms with E-state index in [9.17, 15) is 39.4 Å². The molecule has 2 unspecified atom stereocenters. The molecule has 208 valence electrons. The van der Waals surface area contributed by atoms with Crippen molar-refractivity contribution in [2.45, 2.75) is 55.5 Å². The molecule has 3 aliphatic carbocycles. The first-order chi connectivity index (χ1) is 17.8. The van der Waals surface area contributed by atoms with E-state index in [0.29, 0.717) is 5.56 Å². The highest BCUT2D eigenvalue weighted by atomic mass is 16.3. The van der Waals surface area contributed by atoms with Gasteiger partial charge < -0.3 is 33.1 Å². The quantitative estimate of drug-likeness (QED) is 0.213. The minimum Gasteiger partial charge on any atom is -0.507 e. The molecule has 1 aromatic carbocycles. The molecule has 1 aromatic rings. The highest BCUT2D eigenvalue weighted by Crippen LogP contribution is 2.58. The van der Waals surface area contributed by atoms with Crippen molar-refractivity contribution < 1.29 is 34.2 Å². The number of hydrogen-bond donors (Lipinski definition) is 6. The number of nitriles is 1. The van der Waals surface area contributed by atoms with Crippen molar-refractivity contribution in [3.05, 3.63) is 28.8 Å². The number of amides is 1. The summed E-state index contributed by atoms with van der Waals surface area (Å²) in [6.07, 6.45) is -2.28. The Labute approximate surface area is 224 Å². The normalized spacial score (nSPS) is 38.1. The van der Waals surface area contributed by atoms with Gasteiger partial charge in [-0.2, -0.15) is 5.26 Å². The molecule has 8 atom stereocenters. The average molecular weight is 541 g/mol. The summed E-state index contributed by atoms with van der Waals surface area (Å²) in [5.41, 5.74) is 16.3. The summed E-state index contributed by atoms with van der Waals surface area (Å²) in [4.78, 5) is 69.0. The van der Waals surface area contributed by atoms with Gasteiger partial charge in [0.25, 0.3) is 0 Å². The number of benzene rings is 1. The Morgan fingerprint density at radius 1 is 1.10 bits per heavy atom. The molecular weight excluding hydrogens is 508 g/mol. The van der Waals surface area contributed by atoms with Gasteiger partial charge in [-0.05, 0) is 30.6 Å². The Balaban J connectivity index is 2.11. The number of aliphatic hydroxyl groups is 1. The Hall–Kier alpha value is -3.54. The van der Waals surface area contributed by atoms with Crippen molar-refractivity contribution in [1.82, 2.24) is 4.90 Å². The van der Waals surface area contributed by atoms with E-state index in [-0.39, 0.29) is 11.1 Å². The molecule has 2 saturated carbocycles. The standard InChI is InChI=1S/C26H32N6O7/c1-23(2,3)10-7-6-9-11(14(10)33)15(34)13-20(37)24(8-27)19(36)12(21(29)38)16(35)18(32(4)5)26(24,31)22(39)25(13,30)17(9)28/h6-7,12-13,17-18,22,33,39H,28,30-31H2,1-5H3,(H2,29,38)/t12?,13?,17-,18+,22-,24-,25+,26-/m0/s1. The van der Waals surface area contributed by atoms with E-state index >= 15 is 0 Å². The fourth-order valence-electron chi connectivity index (χ4n) is 6.86. The number of primary amides is 1. The molecule has 0 spiro atoms. The van der Waals surface area contributed by atoms with Crippen LogP contribution >= 0.6 is 0 Å². The SMILES string of the molecule is CN(C)[C@@H]1C(=O)C(C(N)=O)C(=O)[C@@]2(C#N)C(=O)C3C(=O)c4c(ccc(C(C)(C)C)c4O)[C@H](N)[C@@]3(N)[C@H](O)[C@@]12N. The lowest BCUT2D eigenvalue weighted by atomic mass is 9.41. The third-order valence-corrected chi connectivity index (χ3v) is 8.71. The van der Waals surface area contributed by atoms with Crippen LogP contribution in [0.15, 0.2) is 12.1 Å². The summed E-state index contributed by atoms with van der Waals surface area (Å²) in [5.74, 6) is -11.5. The number of aliphatic hydroxyl groups excluding tert-OH is 1. The number of hydrogen-bond acceptors (Lipinski definition) is 12. The number of phenolic OH excluding ortho intramolecular Hbond substituents is 1. The van der Waals surface area contributed by atoms with Gasteiger partial charge in [-0.15, -0.1) is 0 Å². The second-order valence-corrected chi connectivity index (χ2v) is 12.0. The number of Topliss-reactive ketones (excluding diaryl/α,β-unsaturated/α-hetero) is 4. The number of ketones is 4. The monoisotopic (exact) mass is 540 g/mol. The molecular formula is C26H32N6O7. The van der Waals surface area contributed by atoms with Gasteiger partial charge in [0.05, 0.1) is 40.9 Å². The number of nitrogens with two attached hydrogens (primary N) is 4. The molecule has 0 aliphatic heterocycles. The maximum Gasteiger partial charge on any atom is 0.235 e. The van der Waals surface area contributed by atoms with Gasteiger partial charge in [-0.3, -0.25) is 28.9 Å². The highest BCUT2D eigenvalue weighted by Gasteiger charge is 2.83. The lowest BCUT2D eigenvalue weighted by molar-refractivity contribution is -0.181. The van der Waals surface area contributed by atoms with Crippen molar-refractivity contribution >= 4 is 29.0 Å². The zero-order chi connectivity index (χ0) is 29.8. The first-order valence-corrected chi connectivity index (χ1v) is 12.2. The van der Waals surface area contributed by atoms with Crippen molar-refractivity contribution in [3.63, 3.8) is 0 Å². The fourth-order valence-corrected chi connectivity index (χ4v) is 6.86. The lowest BCUT2D eigenvalue weighted by Crippen LogP contribution is -2.92. The summed E-state index contributed by atoms with van der Waals surface area (Å²) in [6.45, 7) is 5.34. The van der Waals surface area contributed by atoms with E-state index in [0.717, 1.165) is 4.90 Å². The van der Waals surface area contributed by atoms with Crippen LogP contribution in [0.25, 0.3) is 0 Å². The molecule has 0 radical (unpaired) electrons. The van der Waals surface area contributed by atoms with Crippen LogP contribution in [0.1, 0.15) is 48.3 Å². The zero-order valence-corrected chi connectivity index (χ0v) is 22.2. The Morgan fingerprint density at radius 3 is 2.13 bits per heavy atom. The van der Waals surface area contributed by atoms with Crippen molar-refractivity contribution in [2.24, 2.45) is 40.2 Å². The van der Waals surface area contributed by atoms with E-state index in [1.54, 1.807) is 26.8 Å². The van der Waals surface area contributed by atoms with E-state index in [1.165, 1.54) is 26.2 Å². The Bertz CT molecular complexity index is 1410.